The summed E-state index contributed by atoms with van der Waals surface area (Å²) < 4.78 is 11.4. The Labute approximate surface area is 120 Å². The Balaban J connectivity index is 2.06. The smallest absolute Gasteiger partial charge is 0.227 e. The van der Waals surface area contributed by atoms with E-state index in [1.165, 1.54) is 0 Å². The van der Waals surface area contributed by atoms with Crippen molar-refractivity contribution in [1.29, 1.82) is 0 Å². The molecule has 0 aliphatic heterocycles. The Morgan fingerprint density at radius 3 is 2.40 bits per heavy atom. The van der Waals surface area contributed by atoms with Crippen molar-refractivity contribution < 1.29 is 14.3 Å². The van der Waals surface area contributed by atoms with Crippen molar-refractivity contribution >= 4 is 11.6 Å². The van der Waals surface area contributed by atoms with Crippen LogP contribution in [0.5, 0.6) is 11.5 Å². The minimum absolute atomic E-state index is 0.105. The van der Waals surface area contributed by atoms with E-state index in [1.54, 1.807) is 0 Å². The van der Waals surface area contributed by atoms with Gasteiger partial charge in [0.05, 0.1) is 13.2 Å². The lowest BCUT2D eigenvalue weighted by atomic mass is 10.2. The highest BCUT2D eigenvalue weighted by atomic mass is 16.5. The number of benzene rings is 1. The van der Waals surface area contributed by atoms with Crippen LogP contribution in [-0.2, 0) is 4.79 Å². The molecule has 2 rings (SSSR count). The van der Waals surface area contributed by atoms with Crippen LogP contribution in [0, 0.1) is 5.92 Å². The number of carbonyl (C=O) groups excluding carboxylic acids is 1. The van der Waals surface area contributed by atoms with E-state index < -0.39 is 0 Å². The molecular formula is C16H23NO3. The van der Waals surface area contributed by atoms with Crippen LogP contribution in [0.2, 0.25) is 0 Å². The van der Waals surface area contributed by atoms with Crippen LogP contribution < -0.4 is 14.8 Å². The molecule has 0 aromatic heterocycles. The molecule has 0 unspecified atom stereocenters. The van der Waals surface area contributed by atoms with E-state index in [9.17, 15) is 4.79 Å². The fourth-order valence-electron chi connectivity index (χ4n) is 1.83. The fourth-order valence-corrected chi connectivity index (χ4v) is 1.83. The molecule has 1 fully saturated rings. The second-order valence-electron chi connectivity index (χ2n) is 5.12. The van der Waals surface area contributed by atoms with E-state index in [1.807, 2.05) is 18.2 Å². The Morgan fingerprint density at radius 1 is 1.15 bits per heavy atom. The molecule has 1 N–H and O–H groups in total. The summed E-state index contributed by atoms with van der Waals surface area (Å²) in [6.07, 6.45) is 3.89. The molecule has 110 valence electrons. The van der Waals surface area contributed by atoms with E-state index in [-0.39, 0.29) is 11.8 Å². The lowest BCUT2D eigenvalue weighted by molar-refractivity contribution is -0.117. The molecule has 4 nitrogen and oxygen atoms in total. The summed E-state index contributed by atoms with van der Waals surface area (Å²) in [7, 11) is 0. The summed E-state index contributed by atoms with van der Waals surface area (Å²) in [5, 5.41) is 2.93. The SMILES string of the molecule is CCCOc1ccc(NC(=O)C2CC2)cc1OCCC. The van der Waals surface area contributed by atoms with E-state index >= 15 is 0 Å². The van der Waals surface area contributed by atoms with E-state index in [4.69, 9.17) is 9.47 Å². The minimum Gasteiger partial charge on any atom is -0.490 e. The van der Waals surface area contributed by atoms with Gasteiger partial charge in [-0.3, -0.25) is 4.79 Å². The van der Waals surface area contributed by atoms with Gasteiger partial charge >= 0.3 is 0 Å². The lowest BCUT2D eigenvalue weighted by Gasteiger charge is -2.14. The second kappa shape index (κ2) is 7.17. The van der Waals surface area contributed by atoms with Crippen molar-refractivity contribution in [2.24, 2.45) is 5.92 Å². The molecule has 1 aromatic carbocycles. The Morgan fingerprint density at radius 2 is 1.80 bits per heavy atom. The van der Waals surface area contributed by atoms with Gasteiger partial charge in [0, 0.05) is 17.7 Å². The maximum Gasteiger partial charge on any atom is 0.227 e. The predicted molar refractivity (Wildman–Crippen MR) is 79.4 cm³/mol. The van der Waals surface area contributed by atoms with E-state index in [0.29, 0.717) is 19.0 Å². The Hall–Kier alpha value is -1.71. The Bertz CT molecular complexity index is 455. The first-order valence-corrected chi connectivity index (χ1v) is 7.45. The van der Waals surface area contributed by atoms with Gasteiger partial charge in [-0.1, -0.05) is 13.8 Å². The number of ether oxygens (including phenoxy) is 2. The third-order valence-corrected chi connectivity index (χ3v) is 3.08. The van der Waals surface area contributed by atoms with Crippen LogP contribution in [0.1, 0.15) is 39.5 Å². The first kappa shape index (κ1) is 14.7. The summed E-state index contributed by atoms with van der Waals surface area (Å²) in [6, 6.07) is 5.58. The van der Waals surface area contributed by atoms with Crippen LogP contribution in [0.4, 0.5) is 5.69 Å². The van der Waals surface area contributed by atoms with Crippen LogP contribution >= 0.6 is 0 Å². The summed E-state index contributed by atoms with van der Waals surface area (Å²) >= 11 is 0. The summed E-state index contributed by atoms with van der Waals surface area (Å²) in [5.74, 6) is 1.75. The van der Waals surface area contributed by atoms with Gasteiger partial charge in [0.15, 0.2) is 11.5 Å². The zero-order chi connectivity index (χ0) is 14.4. The van der Waals surface area contributed by atoms with Gasteiger partial charge in [-0.25, -0.2) is 0 Å². The molecule has 0 saturated heterocycles. The number of nitrogens with one attached hydrogen (secondary N) is 1. The fraction of sp³-hybridized carbons (Fsp3) is 0.562. The molecular weight excluding hydrogens is 254 g/mol. The highest BCUT2D eigenvalue weighted by molar-refractivity contribution is 5.94. The lowest BCUT2D eigenvalue weighted by Crippen LogP contribution is -2.13. The summed E-state index contributed by atoms with van der Waals surface area (Å²) in [5.41, 5.74) is 0.775. The first-order chi connectivity index (χ1) is 9.74. The molecule has 4 heteroatoms. The average Bonchev–Trinajstić information content (AvgIpc) is 3.28. The number of rotatable bonds is 8. The summed E-state index contributed by atoms with van der Waals surface area (Å²) in [6.45, 7) is 5.43. The number of amides is 1. The van der Waals surface area contributed by atoms with Gasteiger partial charge in [0.25, 0.3) is 0 Å². The minimum atomic E-state index is 0.105. The number of carbonyl (C=O) groups is 1. The second-order valence-corrected chi connectivity index (χ2v) is 5.12. The molecule has 0 spiro atoms. The van der Waals surface area contributed by atoms with Crippen molar-refractivity contribution in [2.75, 3.05) is 18.5 Å². The van der Waals surface area contributed by atoms with Gasteiger partial charge in [-0.2, -0.15) is 0 Å². The molecule has 1 amide bonds. The Kier molecular flexibility index (Phi) is 5.27. The van der Waals surface area contributed by atoms with Crippen LogP contribution in [-0.4, -0.2) is 19.1 Å². The zero-order valence-corrected chi connectivity index (χ0v) is 12.3. The van der Waals surface area contributed by atoms with Gasteiger partial charge in [-0.05, 0) is 37.8 Å². The average molecular weight is 277 g/mol. The molecule has 1 saturated carbocycles. The van der Waals surface area contributed by atoms with Gasteiger partial charge in [0.1, 0.15) is 0 Å². The number of hydrogen-bond donors (Lipinski definition) is 1. The number of anilines is 1. The van der Waals surface area contributed by atoms with Gasteiger partial charge in [-0.15, -0.1) is 0 Å². The van der Waals surface area contributed by atoms with Crippen molar-refractivity contribution in [3.8, 4) is 11.5 Å². The standard InChI is InChI=1S/C16H23NO3/c1-3-9-19-14-8-7-13(11-15(14)20-10-4-2)17-16(18)12-5-6-12/h7-8,11-12H,3-6,9-10H2,1-2H3,(H,17,18). The topological polar surface area (TPSA) is 47.6 Å². The van der Waals surface area contributed by atoms with Crippen molar-refractivity contribution in [1.82, 2.24) is 0 Å². The monoisotopic (exact) mass is 277 g/mol. The third-order valence-electron chi connectivity index (χ3n) is 3.08. The largest absolute Gasteiger partial charge is 0.490 e. The third kappa shape index (κ3) is 4.15. The van der Waals surface area contributed by atoms with E-state index in [0.717, 1.165) is 37.1 Å². The molecule has 1 aliphatic carbocycles. The molecule has 1 aromatic rings. The van der Waals surface area contributed by atoms with Crippen LogP contribution in [0.25, 0.3) is 0 Å². The van der Waals surface area contributed by atoms with Gasteiger partial charge < -0.3 is 14.8 Å². The molecule has 20 heavy (non-hydrogen) atoms. The van der Waals surface area contributed by atoms with Crippen LogP contribution in [0.15, 0.2) is 18.2 Å². The molecule has 1 aliphatic rings. The maximum absolute atomic E-state index is 11.8. The molecule has 0 heterocycles. The zero-order valence-electron chi connectivity index (χ0n) is 12.3. The highest BCUT2D eigenvalue weighted by Gasteiger charge is 2.29. The van der Waals surface area contributed by atoms with Gasteiger partial charge in [0.2, 0.25) is 5.91 Å². The van der Waals surface area contributed by atoms with Crippen LogP contribution in [0.3, 0.4) is 0 Å². The first-order valence-electron chi connectivity index (χ1n) is 7.45. The van der Waals surface area contributed by atoms with Crippen molar-refractivity contribution in [2.45, 2.75) is 39.5 Å². The quantitative estimate of drug-likeness (QED) is 0.789. The molecule has 0 bridgehead atoms. The maximum atomic E-state index is 11.8. The van der Waals surface area contributed by atoms with Crippen molar-refractivity contribution in [3.63, 3.8) is 0 Å². The van der Waals surface area contributed by atoms with Crippen molar-refractivity contribution in [3.05, 3.63) is 18.2 Å². The van der Waals surface area contributed by atoms with E-state index in [2.05, 4.69) is 19.2 Å². The number of hydrogen-bond acceptors (Lipinski definition) is 3. The molecule has 0 radical (unpaired) electrons. The highest BCUT2D eigenvalue weighted by Crippen LogP contribution is 2.33. The predicted octanol–water partition coefficient (Wildman–Crippen LogP) is 3.61. The molecule has 0 atom stereocenters. The summed E-state index contributed by atoms with van der Waals surface area (Å²) in [4.78, 5) is 11.8. The normalized spacial score (nSPS) is 13.9.